The van der Waals surface area contributed by atoms with Crippen LogP contribution in [0, 0.1) is 19.7 Å². The molecule has 0 radical (unpaired) electrons. The minimum atomic E-state index is -0.355. The van der Waals surface area contributed by atoms with E-state index in [2.05, 4.69) is 10.3 Å². The summed E-state index contributed by atoms with van der Waals surface area (Å²) >= 11 is 1.60. The maximum Gasteiger partial charge on any atom is 0.226 e. The topological polar surface area (TPSA) is 67.4 Å². The van der Waals surface area contributed by atoms with Gasteiger partial charge in [0.1, 0.15) is 17.4 Å². The lowest BCUT2D eigenvalue weighted by Gasteiger charge is -2.24. The zero-order chi connectivity index (χ0) is 21.8. The molecule has 4 rings (SSSR count). The highest BCUT2D eigenvalue weighted by Crippen LogP contribution is 2.32. The lowest BCUT2D eigenvalue weighted by atomic mass is 10.1. The zero-order valence-corrected chi connectivity index (χ0v) is 18.4. The lowest BCUT2D eigenvalue weighted by molar-refractivity contribution is -0.132. The monoisotopic (exact) mass is 440 g/mol. The van der Waals surface area contributed by atoms with Gasteiger partial charge in [0.25, 0.3) is 0 Å². The number of likely N-dealkylation sites (tertiary alicyclic amines) is 1. The fourth-order valence-corrected chi connectivity index (χ4v) is 4.49. The molecule has 1 atom stereocenters. The van der Waals surface area contributed by atoms with E-state index >= 15 is 0 Å². The second-order valence-corrected chi connectivity index (χ2v) is 8.74. The fraction of sp³-hybridized carbons (Fsp3) is 0.348. The number of carbonyl (C=O) groups is 1. The van der Waals surface area contributed by atoms with Gasteiger partial charge in [0.2, 0.25) is 5.91 Å². The largest absolute Gasteiger partial charge is 0.493 e. The van der Waals surface area contributed by atoms with Gasteiger partial charge in [-0.05, 0) is 51.0 Å². The molecule has 162 valence electrons. The summed E-state index contributed by atoms with van der Waals surface area (Å²) in [7, 11) is 0. The highest BCUT2D eigenvalue weighted by atomic mass is 32.1. The van der Waals surface area contributed by atoms with Gasteiger partial charge >= 0.3 is 0 Å². The van der Waals surface area contributed by atoms with Crippen LogP contribution in [0.4, 0.5) is 15.3 Å². The van der Waals surface area contributed by atoms with Gasteiger partial charge < -0.3 is 15.0 Å². The average molecular weight is 441 g/mol. The minimum Gasteiger partial charge on any atom is -0.493 e. The number of halogens is 1. The van der Waals surface area contributed by atoms with Crippen LogP contribution in [-0.2, 0) is 4.79 Å². The number of amides is 1. The summed E-state index contributed by atoms with van der Waals surface area (Å²) in [4.78, 5) is 25.1. The third kappa shape index (κ3) is 5.19. The van der Waals surface area contributed by atoms with Gasteiger partial charge in [0.05, 0.1) is 30.5 Å². The van der Waals surface area contributed by atoms with Crippen LogP contribution in [0.3, 0.4) is 0 Å². The summed E-state index contributed by atoms with van der Waals surface area (Å²) in [6.07, 6.45) is 2.05. The predicted octanol–water partition coefficient (Wildman–Crippen LogP) is 5.17. The number of nitrogens with one attached hydrogen (secondary N) is 1. The Hall–Kier alpha value is -3.00. The van der Waals surface area contributed by atoms with Crippen LogP contribution in [0.25, 0.3) is 0 Å². The Balaban J connectivity index is 1.38. The summed E-state index contributed by atoms with van der Waals surface area (Å²) in [5.41, 5.74) is 1.88. The number of pyridine rings is 1. The van der Waals surface area contributed by atoms with Gasteiger partial charge in [0.15, 0.2) is 5.13 Å². The van der Waals surface area contributed by atoms with Crippen molar-refractivity contribution in [1.82, 2.24) is 14.9 Å². The Bertz CT molecular complexity index is 1050. The number of hydrogen-bond donors (Lipinski definition) is 1. The molecule has 31 heavy (non-hydrogen) atoms. The molecule has 1 N–H and O–H groups in total. The number of nitrogens with zero attached hydrogens (tertiary/aromatic N) is 3. The molecule has 1 unspecified atom stereocenters. The van der Waals surface area contributed by atoms with Crippen molar-refractivity contribution >= 4 is 28.2 Å². The Labute approximate surface area is 185 Å². The minimum absolute atomic E-state index is 0.0187. The molecule has 0 saturated carbocycles. The Morgan fingerprint density at radius 3 is 2.87 bits per heavy atom. The van der Waals surface area contributed by atoms with E-state index in [0.29, 0.717) is 12.3 Å². The van der Waals surface area contributed by atoms with E-state index in [4.69, 9.17) is 9.72 Å². The smallest absolute Gasteiger partial charge is 0.226 e. The third-order valence-corrected chi connectivity index (χ3v) is 6.32. The van der Waals surface area contributed by atoms with E-state index in [1.54, 1.807) is 23.5 Å². The maximum atomic E-state index is 13.3. The Morgan fingerprint density at radius 2 is 2.10 bits per heavy atom. The van der Waals surface area contributed by atoms with E-state index in [1.807, 2.05) is 36.9 Å². The van der Waals surface area contributed by atoms with Crippen LogP contribution in [0.5, 0.6) is 5.75 Å². The molecule has 3 aromatic rings. The van der Waals surface area contributed by atoms with Crippen LogP contribution in [0.15, 0.2) is 42.5 Å². The van der Waals surface area contributed by atoms with Crippen molar-refractivity contribution in [2.75, 3.05) is 18.5 Å². The lowest BCUT2D eigenvalue weighted by Crippen LogP contribution is -2.32. The van der Waals surface area contributed by atoms with Crippen molar-refractivity contribution < 1.29 is 13.9 Å². The van der Waals surface area contributed by atoms with Crippen LogP contribution in [0.2, 0.25) is 0 Å². The average Bonchev–Trinajstić information content (AvgIpc) is 3.35. The van der Waals surface area contributed by atoms with Gasteiger partial charge in [0, 0.05) is 17.5 Å². The molecule has 3 heterocycles. The maximum absolute atomic E-state index is 13.3. The Morgan fingerprint density at radius 1 is 1.26 bits per heavy atom. The van der Waals surface area contributed by atoms with E-state index in [1.165, 1.54) is 17.0 Å². The first-order valence-corrected chi connectivity index (χ1v) is 11.2. The second-order valence-electron chi connectivity index (χ2n) is 7.53. The number of rotatable bonds is 7. The number of thiazole rings is 1. The van der Waals surface area contributed by atoms with E-state index < -0.39 is 0 Å². The number of aryl methyl sites for hydroxylation is 2. The van der Waals surface area contributed by atoms with Crippen molar-refractivity contribution in [2.24, 2.45) is 0 Å². The molecule has 1 aliphatic rings. The molecule has 1 amide bonds. The standard InChI is InChI=1S/C23H25FN4O2S/c1-15-16(2)31-23(25-15)27-21-10-4-8-19(26-21)20-9-5-12-28(20)22(29)11-13-30-18-7-3-6-17(24)14-18/h3-4,6-8,10,14,20H,5,9,11-13H2,1-2H3,(H,25,26,27). The van der Waals surface area contributed by atoms with Gasteiger partial charge in [-0.2, -0.15) is 0 Å². The number of aromatic nitrogens is 2. The first kappa shape index (κ1) is 21.2. The molecule has 1 fully saturated rings. The first-order chi connectivity index (χ1) is 15.0. The second kappa shape index (κ2) is 9.43. The molecular formula is C23H25FN4O2S. The van der Waals surface area contributed by atoms with E-state index in [-0.39, 0.29) is 30.8 Å². The zero-order valence-electron chi connectivity index (χ0n) is 17.6. The molecule has 0 spiro atoms. The quantitative estimate of drug-likeness (QED) is 0.549. The molecule has 0 bridgehead atoms. The molecular weight excluding hydrogens is 415 g/mol. The summed E-state index contributed by atoms with van der Waals surface area (Å²) in [5, 5.41) is 4.09. The number of carbonyl (C=O) groups excluding carboxylic acids is 1. The van der Waals surface area contributed by atoms with Crippen LogP contribution in [0.1, 0.15) is 41.6 Å². The van der Waals surface area contributed by atoms with Crippen molar-refractivity contribution in [3.05, 3.63) is 64.5 Å². The first-order valence-electron chi connectivity index (χ1n) is 10.4. The number of ether oxygens (including phenoxy) is 1. The highest BCUT2D eigenvalue weighted by Gasteiger charge is 2.30. The molecule has 2 aromatic heterocycles. The third-order valence-electron chi connectivity index (χ3n) is 5.33. The van der Waals surface area contributed by atoms with E-state index in [0.717, 1.165) is 35.2 Å². The number of hydrogen-bond acceptors (Lipinski definition) is 6. The van der Waals surface area contributed by atoms with Crippen LogP contribution in [-0.4, -0.2) is 33.9 Å². The SMILES string of the molecule is Cc1nc(Nc2cccc(C3CCCN3C(=O)CCOc3cccc(F)c3)n2)sc1C. The van der Waals surface area contributed by atoms with Crippen molar-refractivity contribution in [3.63, 3.8) is 0 Å². The summed E-state index contributed by atoms with van der Waals surface area (Å²) in [5.74, 6) is 0.815. The molecule has 0 aliphatic carbocycles. The molecule has 8 heteroatoms. The summed E-state index contributed by atoms with van der Waals surface area (Å²) in [6, 6.07) is 11.7. The molecule has 1 aromatic carbocycles. The highest BCUT2D eigenvalue weighted by molar-refractivity contribution is 7.15. The van der Waals surface area contributed by atoms with Gasteiger partial charge in [-0.1, -0.05) is 12.1 Å². The van der Waals surface area contributed by atoms with Crippen molar-refractivity contribution in [3.8, 4) is 5.75 Å². The van der Waals surface area contributed by atoms with Gasteiger partial charge in [-0.3, -0.25) is 4.79 Å². The van der Waals surface area contributed by atoms with Gasteiger partial charge in [-0.15, -0.1) is 11.3 Å². The number of benzene rings is 1. The van der Waals surface area contributed by atoms with E-state index in [9.17, 15) is 9.18 Å². The van der Waals surface area contributed by atoms with Crippen molar-refractivity contribution in [2.45, 2.75) is 39.2 Å². The summed E-state index contributed by atoms with van der Waals surface area (Å²) < 4.78 is 18.8. The van der Waals surface area contributed by atoms with Gasteiger partial charge in [-0.25, -0.2) is 14.4 Å². The Kier molecular flexibility index (Phi) is 6.46. The van der Waals surface area contributed by atoms with Crippen LogP contribution >= 0.6 is 11.3 Å². The molecule has 6 nitrogen and oxygen atoms in total. The summed E-state index contributed by atoms with van der Waals surface area (Å²) in [6.45, 7) is 4.94. The number of anilines is 2. The van der Waals surface area contributed by atoms with Crippen molar-refractivity contribution in [1.29, 1.82) is 0 Å². The molecule has 1 saturated heterocycles. The normalized spacial score (nSPS) is 15.8. The predicted molar refractivity (Wildman–Crippen MR) is 119 cm³/mol. The fourth-order valence-electron chi connectivity index (χ4n) is 3.67. The van der Waals surface area contributed by atoms with Crippen LogP contribution < -0.4 is 10.1 Å². The molecule has 1 aliphatic heterocycles.